The van der Waals surface area contributed by atoms with E-state index in [0.29, 0.717) is 6.61 Å². The Balaban J connectivity index is 0.00000196. The van der Waals surface area contributed by atoms with E-state index in [1.807, 2.05) is 44.2 Å². The van der Waals surface area contributed by atoms with Gasteiger partial charge in [-0.2, -0.15) is 9.90 Å². The maximum atomic E-state index is 11.3. The fourth-order valence-corrected chi connectivity index (χ4v) is 1.34. The van der Waals surface area contributed by atoms with Crippen LogP contribution >= 0.6 is 9.90 Å². The summed E-state index contributed by atoms with van der Waals surface area (Å²) in [5, 5.41) is 0. The topological polar surface area (TPSA) is 26.3 Å². The van der Waals surface area contributed by atoms with Crippen molar-refractivity contribution < 1.29 is 9.53 Å². The molecule has 0 saturated carbocycles. The Bertz CT molecular complexity index is 285. The van der Waals surface area contributed by atoms with Crippen molar-refractivity contribution >= 4 is 15.9 Å². The summed E-state index contributed by atoms with van der Waals surface area (Å²) in [6, 6.07) is 9.98. The lowest BCUT2D eigenvalue weighted by Gasteiger charge is -2.09. The van der Waals surface area contributed by atoms with E-state index < -0.39 is 0 Å². The summed E-state index contributed by atoms with van der Waals surface area (Å²) >= 11 is 0. The van der Waals surface area contributed by atoms with Gasteiger partial charge in [-0.1, -0.05) is 37.3 Å². The molecule has 0 fully saturated rings. The lowest BCUT2D eigenvalue weighted by Crippen LogP contribution is -2.16. The number of hydrogen-bond donors (Lipinski definition) is 0. The Hall–Kier alpha value is -0.880. The number of ether oxygens (including phenoxy) is 1. The van der Waals surface area contributed by atoms with Gasteiger partial charge in [0.05, 0.1) is 12.5 Å². The van der Waals surface area contributed by atoms with Gasteiger partial charge >= 0.3 is 5.97 Å². The van der Waals surface area contributed by atoms with Crippen LogP contribution in [0.4, 0.5) is 0 Å². The molecule has 0 N–H and O–H groups in total. The number of rotatable bonds is 4. The van der Waals surface area contributed by atoms with Crippen molar-refractivity contribution in [2.45, 2.75) is 20.3 Å². The summed E-state index contributed by atoms with van der Waals surface area (Å²) in [4.78, 5) is 11.3. The number of carbonyl (C=O) groups excluding carboxylic acids is 1. The fraction of sp³-hybridized carbons (Fsp3) is 0.417. The molecular weight excluding hydrogens is 207 g/mol. The monoisotopic (exact) mass is 226 g/mol. The van der Waals surface area contributed by atoms with Gasteiger partial charge < -0.3 is 4.74 Å². The summed E-state index contributed by atoms with van der Waals surface area (Å²) in [6.45, 7) is 4.18. The van der Waals surface area contributed by atoms with Crippen molar-refractivity contribution in [3.05, 3.63) is 35.9 Å². The molecule has 1 rings (SSSR count). The average Bonchev–Trinajstić information content (AvgIpc) is 2.19. The summed E-state index contributed by atoms with van der Waals surface area (Å²) in [5.74, 6) is -0.172. The second kappa shape index (κ2) is 7.42. The highest BCUT2D eigenvalue weighted by Crippen LogP contribution is 2.09. The van der Waals surface area contributed by atoms with Gasteiger partial charge in [0, 0.05) is 0 Å². The zero-order valence-electron chi connectivity index (χ0n) is 9.40. The molecule has 0 saturated heterocycles. The lowest BCUT2D eigenvalue weighted by molar-refractivity contribution is -0.147. The van der Waals surface area contributed by atoms with Gasteiger partial charge in [-0.15, -0.1) is 0 Å². The van der Waals surface area contributed by atoms with Crippen LogP contribution in [0.2, 0.25) is 0 Å². The number of carbonyl (C=O) groups is 1. The number of esters is 1. The Morgan fingerprint density at radius 1 is 1.33 bits per heavy atom. The van der Waals surface area contributed by atoms with Crippen molar-refractivity contribution in [2.75, 3.05) is 6.61 Å². The van der Waals surface area contributed by atoms with Gasteiger partial charge in [0.25, 0.3) is 0 Å². The maximum Gasteiger partial charge on any atom is 0.308 e. The first-order valence-electron chi connectivity index (χ1n) is 4.94. The third kappa shape index (κ3) is 4.94. The van der Waals surface area contributed by atoms with Crippen LogP contribution in [0.15, 0.2) is 30.3 Å². The molecule has 2 unspecified atom stereocenters. The predicted molar refractivity (Wildman–Crippen MR) is 67.0 cm³/mol. The summed E-state index contributed by atoms with van der Waals surface area (Å²) in [6.07, 6.45) is 0.750. The molecule has 0 radical (unpaired) electrons. The number of benzene rings is 1. The first-order chi connectivity index (χ1) is 6.74. The first kappa shape index (κ1) is 14.1. The molecule has 1 aromatic rings. The smallest absolute Gasteiger partial charge is 0.308 e. The molecule has 3 heteroatoms. The van der Waals surface area contributed by atoms with Crippen molar-refractivity contribution in [3.63, 3.8) is 0 Å². The quantitative estimate of drug-likeness (QED) is 0.582. The van der Waals surface area contributed by atoms with E-state index in [0.717, 1.165) is 6.42 Å². The van der Waals surface area contributed by atoms with Gasteiger partial charge in [0.15, 0.2) is 0 Å². The fourth-order valence-electron chi connectivity index (χ4n) is 1.34. The second-order valence-electron chi connectivity index (χ2n) is 3.34. The van der Waals surface area contributed by atoms with Gasteiger partial charge in [0.1, 0.15) is 0 Å². The molecule has 15 heavy (non-hydrogen) atoms. The molecule has 1 aromatic carbocycles. The Morgan fingerprint density at radius 2 is 1.93 bits per heavy atom. The van der Waals surface area contributed by atoms with Crippen LogP contribution in [-0.4, -0.2) is 12.6 Å². The highest BCUT2D eigenvalue weighted by atomic mass is 31.0. The van der Waals surface area contributed by atoms with Crippen molar-refractivity contribution in [1.29, 1.82) is 0 Å². The molecule has 2 atom stereocenters. The summed E-state index contributed by atoms with van der Waals surface area (Å²) in [5.41, 5.74) is 1.17. The van der Waals surface area contributed by atoms with E-state index in [2.05, 4.69) is 0 Å². The zero-order chi connectivity index (χ0) is 10.4. The minimum atomic E-state index is -0.114. The normalized spacial score (nSPS) is 11.3. The van der Waals surface area contributed by atoms with Gasteiger partial charge in [-0.3, -0.25) is 4.79 Å². The van der Waals surface area contributed by atoms with E-state index in [1.54, 1.807) is 0 Å². The van der Waals surface area contributed by atoms with Crippen LogP contribution in [0, 0.1) is 5.92 Å². The molecule has 0 heterocycles. The standard InChI is InChI=1S/C12H16O2.H3P/c1-3-14-12(13)10(2)9-11-7-5-4-6-8-11;/h4-8,10H,3,9H2,1-2H3;1H3. The lowest BCUT2D eigenvalue weighted by atomic mass is 10.0. The van der Waals surface area contributed by atoms with Crippen LogP contribution < -0.4 is 0 Å². The molecule has 2 nitrogen and oxygen atoms in total. The van der Waals surface area contributed by atoms with Gasteiger partial charge in [0.2, 0.25) is 0 Å². The van der Waals surface area contributed by atoms with E-state index in [4.69, 9.17) is 4.74 Å². The second-order valence-corrected chi connectivity index (χ2v) is 3.34. The third-order valence-corrected chi connectivity index (χ3v) is 2.07. The van der Waals surface area contributed by atoms with E-state index >= 15 is 0 Å². The largest absolute Gasteiger partial charge is 0.466 e. The maximum absolute atomic E-state index is 11.3. The SMILES string of the molecule is CCOC(=O)C(C)Cc1ccccc1.P. The minimum absolute atomic E-state index is 0. The van der Waals surface area contributed by atoms with E-state index in [9.17, 15) is 4.79 Å². The van der Waals surface area contributed by atoms with E-state index in [1.165, 1.54) is 5.56 Å². The molecular formula is C12H19O2P. The molecule has 0 spiro atoms. The van der Waals surface area contributed by atoms with Crippen molar-refractivity contribution in [2.24, 2.45) is 5.92 Å². The molecule has 0 aliphatic rings. The molecule has 0 bridgehead atoms. The van der Waals surface area contributed by atoms with Crippen LogP contribution in [-0.2, 0) is 16.0 Å². The Labute approximate surface area is 94.6 Å². The van der Waals surface area contributed by atoms with E-state index in [-0.39, 0.29) is 21.8 Å². The average molecular weight is 226 g/mol. The predicted octanol–water partition coefficient (Wildman–Crippen LogP) is 2.49. The Morgan fingerprint density at radius 3 is 2.47 bits per heavy atom. The van der Waals surface area contributed by atoms with Crippen LogP contribution in [0.3, 0.4) is 0 Å². The third-order valence-electron chi connectivity index (χ3n) is 2.07. The van der Waals surface area contributed by atoms with Gasteiger partial charge in [-0.05, 0) is 18.9 Å². The summed E-state index contributed by atoms with van der Waals surface area (Å²) < 4.78 is 4.94. The highest BCUT2D eigenvalue weighted by molar-refractivity contribution is 6.92. The van der Waals surface area contributed by atoms with Crippen LogP contribution in [0.5, 0.6) is 0 Å². The molecule has 0 aromatic heterocycles. The number of hydrogen-bond acceptors (Lipinski definition) is 2. The molecule has 0 aliphatic carbocycles. The molecule has 84 valence electrons. The zero-order valence-corrected chi connectivity index (χ0v) is 10.8. The van der Waals surface area contributed by atoms with Gasteiger partial charge in [-0.25, -0.2) is 0 Å². The van der Waals surface area contributed by atoms with Crippen molar-refractivity contribution in [1.82, 2.24) is 0 Å². The van der Waals surface area contributed by atoms with Crippen molar-refractivity contribution in [3.8, 4) is 0 Å². The first-order valence-corrected chi connectivity index (χ1v) is 4.94. The highest BCUT2D eigenvalue weighted by Gasteiger charge is 2.13. The molecule has 0 aliphatic heterocycles. The minimum Gasteiger partial charge on any atom is -0.466 e. The molecule has 0 amide bonds. The summed E-state index contributed by atoms with van der Waals surface area (Å²) in [7, 11) is 0. The van der Waals surface area contributed by atoms with Crippen LogP contribution in [0.1, 0.15) is 19.4 Å². The Kier molecular flexibility index (Phi) is 6.98. The van der Waals surface area contributed by atoms with Crippen LogP contribution in [0.25, 0.3) is 0 Å².